The molecule has 0 bridgehead atoms. The van der Waals surface area contributed by atoms with Gasteiger partial charge in [0.15, 0.2) is 0 Å². The Morgan fingerprint density at radius 2 is 2.07 bits per heavy atom. The van der Waals surface area contributed by atoms with E-state index in [1.54, 1.807) is 11.3 Å². The van der Waals surface area contributed by atoms with Gasteiger partial charge < -0.3 is 5.32 Å². The van der Waals surface area contributed by atoms with Gasteiger partial charge in [0.2, 0.25) is 5.91 Å². The fraction of sp³-hybridized carbons (Fsp3) is 0.545. The molecule has 0 spiro atoms. The second-order valence-electron chi connectivity index (χ2n) is 4.55. The zero-order valence-electron chi connectivity index (χ0n) is 9.43. The van der Waals surface area contributed by atoms with E-state index in [2.05, 4.69) is 5.32 Å². The van der Waals surface area contributed by atoms with E-state index in [4.69, 9.17) is 11.6 Å². The summed E-state index contributed by atoms with van der Waals surface area (Å²) in [7, 11) is 0. The molecule has 1 aromatic heterocycles. The van der Waals surface area contributed by atoms with Crippen LogP contribution in [0.3, 0.4) is 0 Å². The lowest BCUT2D eigenvalue weighted by atomic mass is 10.1. The van der Waals surface area contributed by atoms with Crippen LogP contribution >= 0.6 is 22.9 Å². The Kier molecular flexibility index (Phi) is 3.79. The van der Waals surface area contributed by atoms with Crippen LogP contribution < -0.4 is 5.32 Å². The molecule has 1 atom stereocenters. The first-order chi connectivity index (χ1) is 6.79. The van der Waals surface area contributed by atoms with Crippen LogP contribution in [0.25, 0.3) is 0 Å². The molecule has 15 heavy (non-hydrogen) atoms. The maximum Gasteiger partial charge on any atom is 0.243 e. The van der Waals surface area contributed by atoms with Crippen LogP contribution in [-0.4, -0.2) is 11.4 Å². The van der Waals surface area contributed by atoms with Gasteiger partial charge in [0.25, 0.3) is 0 Å². The molecular weight excluding hydrogens is 230 g/mol. The molecule has 0 aromatic carbocycles. The van der Waals surface area contributed by atoms with Gasteiger partial charge in [-0.3, -0.25) is 4.79 Å². The van der Waals surface area contributed by atoms with E-state index in [0.717, 1.165) is 4.88 Å². The molecule has 2 nitrogen and oxygen atoms in total. The van der Waals surface area contributed by atoms with Crippen molar-refractivity contribution in [3.63, 3.8) is 0 Å². The van der Waals surface area contributed by atoms with Gasteiger partial charge in [-0.1, -0.05) is 0 Å². The third kappa shape index (κ3) is 3.84. The normalized spacial score (nSPS) is 13.7. The molecule has 1 aromatic rings. The minimum Gasteiger partial charge on any atom is -0.350 e. The summed E-state index contributed by atoms with van der Waals surface area (Å²) >= 11 is 7.63. The lowest BCUT2D eigenvalue weighted by Gasteiger charge is -2.22. The van der Waals surface area contributed by atoms with Crippen molar-refractivity contribution in [3.05, 3.63) is 21.9 Å². The van der Waals surface area contributed by atoms with Crippen molar-refractivity contribution < 1.29 is 4.79 Å². The Bertz CT molecular complexity index is 354. The monoisotopic (exact) mass is 245 g/mol. The first-order valence-corrected chi connectivity index (χ1v) is 6.07. The fourth-order valence-electron chi connectivity index (χ4n) is 1.15. The number of rotatable bonds is 2. The summed E-state index contributed by atoms with van der Waals surface area (Å²) in [5.41, 5.74) is -0.240. The summed E-state index contributed by atoms with van der Waals surface area (Å²) in [5, 5.41) is 2.28. The van der Waals surface area contributed by atoms with Crippen LogP contribution in [0.4, 0.5) is 0 Å². The molecule has 1 rings (SSSR count). The summed E-state index contributed by atoms with van der Waals surface area (Å²) in [5.74, 6) is -0.133. The van der Waals surface area contributed by atoms with E-state index >= 15 is 0 Å². The number of nitrogens with one attached hydrogen (secondary N) is 1. The van der Waals surface area contributed by atoms with Crippen LogP contribution in [-0.2, 0) is 4.79 Å². The van der Waals surface area contributed by atoms with E-state index in [-0.39, 0.29) is 11.4 Å². The summed E-state index contributed by atoms with van der Waals surface area (Å²) in [6.07, 6.45) is 0. The third-order valence-electron chi connectivity index (χ3n) is 1.74. The molecule has 0 fully saturated rings. The molecular formula is C11H16ClNOS. The second-order valence-corrected chi connectivity index (χ2v) is 6.31. The zero-order valence-corrected chi connectivity index (χ0v) is 11.0. The standard InChI is InChI=1S/C11H16ClNOS/c1-7-5-6-8(15-7)9(12)10(14)13-11(2,3)4/h5-6,9H,1-4H3,(H,13,14). The Hall–Kier alpha value is -0.540. The summed E-state index contributed by atoms with van der Waals surface area (Å²) in [6, 6.07) is 3.87. The zero-order chi connectivity index (χ0) is 11.6. The Balaban J connectivity index is 2.69. The lowest BCUT2D eigenvalue weighted by molar-refractivity contribution is -0.122. The molecule has 0 saturated heterocycles. The molecule has 84 valence electrons. The van der Waals surface area contributed by atoms with E-state index in [0.29, 0.717) is 0 Å². The molecule has 0 aliphatic heterocycles. The second kappa shape index (κ2) is 4.54. The van der Waals surface area contributed by atoms with Crippen LogP contribution in [0.5, 0.6) is 0 Å². The molecule has 1 N–H and O–H groups in total. The number of hydrogen-bond donors (Lipinski definition) is 1. The summed E-state index contributed by atoms with van der Waals surface area (Å²) in [4.78, 5) is 13.8. The van der Waals surface area contributed by atoms with Crippen molar-refractivity contribution in [2.45, 2.75) is 38.6 Å². The SMILES string of the molecule is Cc1ccc(C(Cl)C(=O)NC(C)(C)C)s1. The fourth-order valence-corrected chi connectivity index (χ4v) is 2.27. The molecule has 1 unspecified atom stereocenters. The minimum atomic E-state index is -0.581. The number of hydrogen-bond acceptors (Lipinski definition) is 2. The van der Waals surface area contributed by atoms with Crippen molar-refractivity contribution in [1.82, 2.24) is 5.32 Å². The molecule has 1 amide bonds. The molecule has 1 heterocycles. The van der Waals surface area contributed by atoms with Gasteiger partial charge in [-0.2, -0.15) is 0 Å². The Morgan fingerprint density at radius 3 is 2.47 bits per heavy atom. The van der Waals surface area contributed by atoms with E-state index in [9.17, 15) is 4.79 Å². The molecule has 0 aliphatic rings. The van der Waals surface area contributed by atoms with Gasteiger partial charge in [0.05, 0.1) is 0 Å². The lowest BCUT2D eigenvalue weighted by Crippen LogP contribution is -2.42. The molecule has 0 saturated carbocycles. The topological polar surface area (TPSA) is 29.1 Å². The van der Waals surface area contributed by atoms with Crippen LogP contribution in [0.1, 0.15) is 35.9 Å². The maximum absolute atomic E-state index is 11.7. The Labute approximate surface area is 99.6 Å². The number of aryl methyl sites for hydroxylation is 1. The number of halogens is 1. The summed E-state index contributed by atoms with van der Waals surface area (Å²) < 4.78 is 0. The first kappa shape index (κ1) is 12.5. The van der Waals surface area contributed by atoms with E-state index in [1.807, 2.05) is 39.8 Å². The predicted molar refractivity (Wildman–Crippen MR) is 65.5 cm³/mol. The largest absolute Gasteiger partial charge is 0.350 e. The molecule has 0 aliphatic carbocycles. The van der Waals surface area contributed by atoms with Gasteiger partial charge in [0, 0.05) is 15.3 Å². The number of alkyl halides is 1. The van der Waals surface area contributed by atoms with Crippen molar-refractivity contribution >= 4 is 28.8 Å². The highest BCUT2D eigenvalue weighted by Crippen LogP contribution is 2.28. The number of thiophene rings is 1. The minimum absolute atomic E-state index is 0.133. The average molecular weight is 246 g/mol. The first-order valence-electron chi connectivity index (χ1n) is 4.82. The highest BCUT2D eigenvalue weighted by atomic mass is 35.5. The highest BCUT2D eigenvalue weighted by Gasteiger charge is 2.23. The van der Waals surface area contributed by atoms with Crippen LogP contribution in [0.15, 0.2) is 12.1 Å². The van der Waals surface area contributed by atoms with Crippen molar-refractivity contribution in [2.24, 2.45) is 0 Å². The number of carbonyl (C=O) groups is 1. The van der Waals surface area contributed by atoms with Crippen molar-refractivity contribution in [2.75, 3.05) is 0 Å². The van der Waals surface area contributed by atoms with Crippen molar-refractivity contribution in [3.8, 4) is 0 Å². The Morgan fingerprint density at radius 1 is 1.47 bits per heavy atom. The third-order valence-corrected chi connectivity index (χ3v) is 3.37. The average Bonchev–Trinajstić information content (AvgIpc) is 2.47. The smallest absolute Gasteiger partial charge is 0.243 e. The summed E-state index contributed by atoms with van der Waals surface area (Å²) in [6.45, 7) is 7.82. The quantitative estimate of drug-likeness (QED) is 0.797. The molecule has 4 heteroatoms. The number of amides is 1. The molecule has 0 radical (unpaired) electrons. The predicted octanol–water partition coefficient (Wildman–Crippen LogP) is 3.25. The van der Waals surface area contributed by atoms with Gasteiger partial charge in [0.1, 0.15) is 5.38 Å². The van der Waals surface area contributed by atoms with Crippen molar-refractivity contribution in [1.29, 1.82) is 0 Å². The van der Waals surface area contributed by atoms with Crippen LogP contribution in [0, 0.1) is 6.92 Å². The number of carbonyl (C=O) groups excluding carboxylic acids is 1. The van der Waals surface area contributed by atoms with Gasteiger partial charge >= 0.3 is 0 Å². The van der Waals surface area contributed by atoms with Gasteiger partial charge in [-0.15, -0.1) is 22.9 Å². The van der Waals surface area contributed by atoms with E-state index in [1.165, 1.54) is 4.88 Å². The van der Waals surface area contributed by atoms with E-state index < -0.39 is 5.38 Å². The highest BCUT2D eigenvalue weighted by molar-refractivity contribution is 7.12. The van der Waals surface area contributed by atoms with Crippen LogP contribution in [0.2, 0.25) is 0 Å². The maximum atomic E-state index is 11.7. The van der Waals surface area contributed by atoms with Gasteiger partial charge in [-0.05, 0) is 39.8 Å². The van der Waals surface area contributed by atoms with Gasteiger partial charge in [-0.25, -0.2) is 0 Å².